The lowest BCUT2D eigenvalue weighted by atomic mass is 10.1. The molecule has 0 saturated heterocycles. The Kier molecular flexibility index (Phi) is 4.46. The highest BCUT2D eigenvalue weighted by Gasteiger charge is 2.32. The zero-order valence-electron chi connectivity index (χ0n) is 9.77. The van der Waals surface area contributed by atoms with Crippen LogP contribution in [0.1, 0.15) is 11.8 Å². The molecule has 1 atom stereocenters. The Bertz CT molecular complexity index is 335. The van der Waals surface area contributed by atoms with E-state index in [1.165, 1.54) is 18.9 Å². The first-order valence-electron chi connectivity index (χ1n) is 4.97. The summed E-state index contributed by atoms with van der Waals surface area (Å²) < 4.78 is 4.54. The van der Waals surface area contributed by atoms with E-state index in [1.807, 2.05) is 29.5 Å². The number of likely N-dealkylation sites (N-methyl/N-ethyl adjacent to an activating group) is 1. The van der Waals surface area contributed by atoms with Gasteiger partial charge in [0, 0.05) is 18.0 Å². The average Bonchev–Trinajstić information content (AvgIpc) is 2.67. The van der Waals surface area contributed by atoms with Crippen LogP contribution in [0.2, 0.25) is 0 Å². The summed E-state index contributed by atoms with van der Waals surface area (Å²) in [6.07, 6.45) is 0. The van der Waals surface area contributed by atoms with E-state index in [4.69, 9.17) is 0 Å². The van der Waals surface area contributed by atoms with Gasteiger partial charge in [0.1, 0.15) is 0 Å². The maximum absolute atomic E-state index is 11.3. The molecule has 0 spiro atoms. The van der Waals surface area contributed by atoms with Gasteiger partial charge in [-0.3, -0.25) is 4.90 Å². The van der Waals surface area contributed by atoms with Crippen LogP contribution in [0.4, 0.5) is 0 Å². The molecule has 0 saturated carbocycles. The van der Waals surface area contributed by atoms with Crippen molar-refractivity contribution >= 4 is 17.3 Å². The van der Waals surface area contributed by atoms with Crippen molar-refractivity contribution in [2.24, 2.45) is 0 Å². The van der Waals surface area contributed by atoms with Gasteiger partial charge in [0.05, 0.1) is 7.11 Å². The number of hydrogen-bond donors (Lipinski definition) is 1. The summed E-state index contributed by atoms with van der Waals surface area (Å²) in [6, 6.07) is 4.00. The molecule has 0 aromatic carbocycles. The van der Waals surface area contributed by atoms with Gasteiger partial charge in [-0.2, -0.15) is 0 Å². The topological polar surface area (TPSA) is 49.8 Å². The molecule has 1 aromatic rings. The van der Waals surface area contributed by atoms with Crippen LogP contribution < -0.4 is 0 Å². The Labute approximate surface area is 99.5 Å². The standard InChI is InChI=1S/C11H17NO3S/c1-11(14,10(13)15-3)8-12(2)7-9-5-4-6-16-9/h4-6,14H,7-8H2,1-3H3. The Morgan fingerprint density at radius 2 is 2.38 bits per heavy atom. The van der Waals surface area contributed by atoms with E-state index in [-0.39, 0.29) is 6.54 Å². The Morgan fingerprint density at radius 1 is 1.69 bits per heavy atom. The first kappa shape index (κ1) is 13.2. The first-order chi connectivity index (χ1) is 7.45. The maximum atomic E-state index is 11.3. The van der Waals surface area contributed by atoms with Crippen LogP contribution in [0, 0.1) is 0 Å². The third-order valence-electron chi connectivity index (χ3n) is 2.21. The summed E-state index contributed by atoms with van der Waals surface area (Å²) in [7, 11) is 3.13. The van der Waals surface area contributed by atoms with Gasteiger partial charge in [0.2, 0.25) is 0 Å². The SMILES string of the molecule is COC(=O)C(C)(O)CN(C)Cc1cccs1. The van der Waals surface area contributed by atoms with Crippen LogP contribution in [0.3, 0.4) is 0 Å². The lowest BCUT2D eigenvalue weighted by molar-refractivity contribution is -0.162. The number of esters is 1. The summed E-state index contributed by atoms with van der Waals surface area (Å²) in [4.78, 5) is 14.4. The average molecular weight is 243 g/mol. The molecule has 0 radical (unpaired) electrons. The molecule has 0 aliphatic rings. The first-order valence-corrected chi connectivity index (χ1v) is 5.85. The van der Waals surface area contributed by atoms with E-state index < -0.39 is 11.6 Å². The molecule has 1 unspecified atom stereocenters. The number of methoxy groups -OCH3 is 1. The van der Waals surface area contributed by atoms with E-state index in [0.29, 0.717) is 6.54 Å². The summed E-state index contributed by atoms with van der Waals surface area (Å²) >= 11 is 1.65. The molecule has 0 fully saturated rings. The van der Waals surface area contributed by atoms with Crippen molar-refractivity contribution in [2.75, 3.05) is 20.7 Å². The number of aliphatic hydroxyl groups is 1. The molecule has 0 aliphatic carbocycles. The number of carbonyl (C=O) groups is 1. The lowest BCUT2D eigenvalue weighted by Gasteiger charge is -2.26. The highest BCUT2D eigenvalue weighted by molar-refractivity contribution is 7.09. The minimum Gasteiger partial charge on any atom is -0.467 e. The van der Waals surface area contributed by atoms with Crippen LogP contribution in [0.5, 0.6) is 0 Å². The molecule has 0 bridgehead atoms. The Morgan fingerprint density at radius 3 is 2.88 bits per heavy atom. The number of thiophene rings is 1. The lowest BCUT2D eigenvalue weighted by Crippen LogP contribution is -2.45. The number of carbonyl (C=O) groups excluding carboxylic acids is 1. The van der Waals surface area contributed by atoms with Crippen LogP contribution >= 0.6 is 11.3 Å². The fraction of sp³-hybridized carbons (Fsp3) is 0.545. The third-order valence-corrected chi connectivity index (χ3v) is 3.07. The van der Waals surface area contributed by atoms with Crippen LogP contribution in [0.15, 0.2) is 17.5 Å². The highest BCUT2D eigenvalue weighted by Crippen LogP contribution is 2.14. The normalized spacial score (nSPS) is 14.8. The van der Waals surface area contributed by atoms with Crippen molar-refractivity contribution in [1.82, 2.24) is 4.90 Å². The maximum Gasteiger partial charge on any atom is 0.338 e. The quantitative estimate of drug-likeness (QED) is 0.787. The predicted octanol–water partition coefficient (Wildman–Crippen LogP) is 1.10. The second kappa shape index (κ2) is 5.43. The largest absolute Gasteiger partial charge is 0.467 e. The summed E-state index contributed by atoms with van der Waals surface area (Å²) in [5, 5.41) is 11.9. The molecular weight excluding hydrogens is 226 g/mol. The molecule has 0 amide bonds. The molecule has 90 valence electrons. The molecule has 16 heavy (non-hydrogen) atoms. The van der Waals surface area contributed by atoms with E-state index in [2.05, 4.69) is 4.74 Å². The summed E-state index contributed by atoms with van der Waals surface area (Å²) in [6.45, 7) is 2.42. The number of ether oxygens (including phenoxy) is 1. The van der Waals surface area contributed by atoms with Gasteiger partial charge in [0.15, 0.2) is 5.60 Å². The van der Waals surface area contributed by atoms with E-state index in [0.717, 1.165) is 0 Å². The molecule has 1 heterocycles. The van der Waals surface area contributed by atoms with Crippen LogP contribution in [-0.2, 0) is 16.1 Å². The Hall–Kier alpha value is -0.910. The molecule has 1 rings (SSSR count). The molecular formula is C11H17NO3S. The fourth-order valence-corrected chi connectivity index (χ4v) is 2.32. The van der Waals surface area contributed by atoms with Gasteiger partial charge < -0.3 is 9.84 Å². The molecule has 5 heteroatoms. The monoisotopic (exact) mass is 243 g/mol. The Balaban J connectivity index is 2.50. The number of nitrogens with zero attached hydrogens (tertiary/aromatic N) is 1. The highest BCUT2D eigenvalue weighted by atomic mass is 32.1. The van der Waals surface area contributed by atoms with Crippen molar-refractivity contribution in [1.29, 1.82) is 0 Å². The van der Waals surface area contributed by atoms with Crippen molar-refractivity contribution in [3.8, 4) is 0 Å². The van der Waals surface area contributed by atoms with Crippen molar-refractivity contribution in [2.45, 2.75) is 19.1 Å². The summed E-state index contributed by atoms with van der Waals surface area (Å²) in [5.74, 6) is -0.606. The summed E-state index contributed by atoms with van der Waals surface area (Å²) in [5.41, 5.74) is -1.46. The fourth-order valence-electron chi connectivity index (χ4n) is 1.53. The molecule has 0 aliphatic heterocycles. The van der Waals surface area contributed by atoms with Crippen LogP contribution in [0.25, 0.3) is 0 Å². The van der Waals surface area contributed by atoms with Gasteiger partial charge in [0.25, 0.3) is 0 Å². The van der Waals surface area contributed by atoms with Gasteiger partial charge >= 0.3 is 5.97 Å². The predicted molar refractivity (Wildman–Crippen MR) is 63.3 cm³/mol. The van der Waals surface area contributed by atoms with Crippen molar-refractivity contribution < 1.29 is 14.6 Å². The smallest absolute Gasteiger partial charge is 0.338 e. The minimum absolute atomic E-state index is 0.248. The van der Waals surface area contributed by atoms with Gasteiger partial charge in [-0.25, -0.2) is 4.79 Å². The van der Waals surface area contributed by atoms with Crippen molar-refractivity contribution in [3.63, 3.8) is 0 Å². The number of hydrogen-bond acceptors (Lipinski definition) is 5. The van der Waals surface area contributed by atoms with E-state index in [1.54, 1.807) is 11.3 Å². The van der Waals surface area contributed by atoms with Crippen LogP contribution in [-0.4, -0.2) is 42.3 Å². The molecule has 1 N–H and O–H groups in total. The third kappa shape index (κ3) is 3.59. The zero-order chi connectivity index (χ0) is 12.2. The molecule has 4 nitrogen and oxygen atoms in total. The number of rotatable bonds is 5. The van der Waals surface area contributed by atoms with Gasteiger partial charge in [-0.1, -0.05) is 6.07 Å². The van der Waals surface area contributed by atoms with E-state index in [9.17, 15) is 9.90 Å². The second-order valence-corrected chi connectivity index (χ2v) is 5.05. The minimum atomic E-state index is -1.46. The van der Waals surface area contributed by atoms with Gasteiger partial charge in [-0.15, -0.1) is 11.3 Å². The van der Waals surface area contributed by atoms with Crippen molar-refractivity contribution in [3.05, 3.63) is 22.4 Å². The zero-order valence-corrected chi connectivity index (χ0v) is 10.6. The second-order valence-electron chi connectivity index (χ2n) is 4.02. The van der Waals surface area contributed by atoms with Gasteiger partial charge in [-0.05, 0) is 25.4 Å². The van der Waals surface area contributed by atoms with E-state index >= 15 is 0 Å². The molecule has 1 aromatic heterocycles.